The first kappa shape index (κ1) is 12.9. The van der Waals surface area contributed by atoms with Crippen molar-refractivity contribution in [1.82, 2.24) is 0 Å². The number of ether oxygens (including phenoxy) is 1. The second-order valence-electron chi connectivity index (χ2n) is 4.71. The smallest absolute Gasteiger partial charge is 0.195 e. The number of para-hydroxylation sites is 1. The Hall–Kier alpha value is -1.57. The van der Waals surface area contributed by atoms with Crippen molar-refractivity contribution in [2.24, 2.45) is 0 Å². The average molecular weight is 244 g/mol. The highest BCUT2D eigenvalue weighted by molar-refractivity contribution is 5.96. The van der Waals surface area contributed by atoms with Crippen LogP contribution in [0.4, 0.5) is 0 Å². The maximum atomic E-state index is 12.0. The Morgan fingerprint density at radius 1 is 1.06 bits per heavy atom. The van der Waals surface area contributed by atoms with Crippen molar-refractivity contribution in [3.8, 4) is 5.75 Å². The van der Waals surface area contributed by atoms with Crippen LogP contribution in [0.2, 0.25) is 0 Å². The van der Waals surface area contributed by atoms with Gasteiger partial charge >= 0.3 is 0 Å². The summed E-state index contributed by atoms with van der Waals surface area (Å²) >= 11 is 0. The van der Waals surface area contributed by atoms with Crippen LogP contribution in [0, 0.1) is 0 Å². The molecule has 1 aromatic rings. The minimum Gasteiger partial charge on any atom is -0.485 e. The first-order valence-electron chi connectivity index (χ1n) is 6.76. The Labute approximate surface area is 109 Å². The lowest BCUT2D eigenvalue weighted by atomic mass is 9.97. The zero-order valence-corrected chi connectivity index (χ0v) is 10.7. The van der Waals surface area contributed by atoms with Gasteiger partial charge in [0.25, 0.3) is 0 Å². The van der Waals surface area contributed by atoms with E-state index in [1.165, 1.54) is 19.3 Å². The van der Waals surface area contributed by atoms with Gasteiger partial charge in [0.2, 0.25) is 0 Å². The molecule has 0 amide bonds. The molecular formula is C16H20O2. The van der Waals surface area contributed by atoms with Crippen molar-refractivity contribution in [1.29, 1.82) is 0 Å². The molecule has 18 heavy (non-hydrogen) atoms. The molecular weight excluding hydrogens is 224 g/mol. The fourth-order valence-corrected chi connectivity index (χ4v) is 2.20. The van der Waals surface area contributed by atoms with Crippen LogP contribution < -0.4 is 4.74 Å². The number of hydrogen-bond donors (Lipinski definition) is 0. The van der Waals surface area contributed by atoms with E-state index in [1.54, 1.807) is 0 Å². The average Bonchev–Trinajstić information content (AvgIpc) is 2.37. The van der Waals surface area contributed by atoms with Crippen LogP contribution in [-0.4, -0.2) is 12.4 Å². The third-order valence-corrected chi connectivity index (χ3v) is 3.26. The van der Waals surface area contributed by atoms with Gasteiger partial charge in [-0.05, 0) is 43.4 Å². The molecule has 0 heterocycles. The van der Waals surface area contributed by atoms with E-state index in [0.29, 0.717) is 0 Å². The van der Waals surface area contributed by atoms with Crippen LogP contribution in [0.5, 0.6) is 5.75 Å². The van der Waals surface area contributed by atoms with Crippen molar-refractivity contribution in [2.45, 2.75) is 38.5 Å². The summed E-state index contributed by atoms with van der Waals surface area (Å²) in [5.41, 5.74) is 0.964. The molecule has 0 aromatic heterocycles. The minimum absolute atomic E-state index is 0.140. The SMILES string of the molecule is O=C(COc1ccccc1)/C1=C/CCCCCC1. The standard InChI is InChI=1S/C16H20O2/c17-16(13-18-15-11-7-4-8-12-15)14-9-5-2-1-3-6-10-14/h4,7-9,11-12H,1-3,5-6,10,13H2/b14-9+. The van der Waals surface area contributed by atoms with Crippen LogP contribution in [0.15, 0.2) is 42.0 Å². The number of hydrogen-bond acceptors (Lipinski definition) is 2. The Morgan fingerprint density at radius 2 is 1.83 bits per heavy atom. The van der Waals surface area contributed by atoms with E-state index in [2.05, 4.69) is 6.08 Å². The van der Waals surface area contributed by atoms with Crippen LogP contribution in [0.1, 0.15) is 38.5 Å². The summed E-state index contributed by atoms with van der Waals surface area (Å²) in [6.07, 6.45) is 8.92. The van der Waals surface area contributed by atoms with E-state index >= 15 is 0 Å². The van der Waals surface area contributed by atoms with Crippen LogP contribution in [-0.2, 0) is 4.79 Å². The Morgan fingerprint density at radius 3 is 2.67 bits per heavy atom. The number of ketones is 1. The lowest BCUT2D eigenvalue weighted by Crippen LogP contribution is -2.14. The van der Waals surface area contributed by atoms with Crippen molar-refractivity contribution < 1.29 is 9.53 Å². The summed E-state index contributed by atoms with van der Waals surface area (Å²) in [6.45, 7) is 0.163. The molecule has 0 aliphatic heterocycles. The van der Waals surface area contributed by atoms with Crippen molar-refractivity contribution >= 4 is 5.78 Å². The Balaban J connectivity index is 1.87. The Bertz CT molecular complexity index is 406. The zero-order valence-electron chi connectivity index (χ0n) is 10.7. The van der Waals surface area contributed by atoms with Gasteiger partial charge in [-0.15, -0.1) is 0 Å². The number of rotatable bonds is 4. The van der Waals surface area contributed by atoms with Gasteiger partial charge < -0.3 is 4.74 Å². The number of allylic oxidation sites excluding steroid dienone is 1. The first-order valence-corrected chi connectivity index (χ1v) is 6.76. The van der Waals surface area contributed by atoms with Gasteiger partial charge in [-0.2, -0.15) is 0 Å². The zero-order chi connectivity index (χ0) is 12.6. The topological polar surface area (TPSA) is 26.3 Å². The van der Waals surface area contributed by atoms with E-state index in [0.717, 1.165) is 30.6 Å². The normalized spacial score (nSPS) is 19.2. The molecule has 0 fully saturated rings. The lowest BCUT2D eigenvalue weighted by molar-refractivity contribution is -0.117. The summed E-state index contributed by atoms with van der Waals surface area (Å²) in [5, 5.41) is 0. The van der Waals surface area contributed by atoms with Crippen LogP contribution >= 0.6 is 0 Å². The van der Waals surface area contributed by atoms with E-state index < -0.39 is 0 Å². The molecule has 0 atom stereocenters. The molecule has 1 aliphatic rings. The highest BCUT2D eigenvalue weighted by Crippen LogP contribution is 2.18. The van der Waals surface area contributed by atoms with Crippen molar-refractivity contribution in [2.75, 3.05) is 6.61 Å². The number of Topliss-reactive ketones (excluding diaryl/α,β-unsaturated/α-hetero) is 1. The van der Waals surface area contributed by atoms with Gasteiger partial charge in [0.1, 0.15) is 5.75 Å². The third-order valence-electron chi connectivity index (χ3n) is 3.26. The fraction of sp³-hybridized carbons (Fsp3) is 0.438. The molecule has 2 rings (SSSR count). The van der Waals surface area contributed by atoms with Gasteiger partial charge in [0, 0.05) is 0 Å². The van der Waals surface area contributed by atoms with Gasteiger partial charge in [0.05, 0.1) is 0 Å². The largest absolute Gasteiger partial charge is 0.485 e. The van der Waals surface area contributed by atoms with Gasteiger partial charge in [-0.25, -0.2) is 0 Å². The van der Waals surface area contributed by atoms with Crippen molar-refractivity contribution in [3.05, 3.63) is 42.0 Å². The predicted octanol–water partition coefficient (Wildman–Crippen LogP) is 3.92. The third kappa shape index (κ3) is 4.02. The molecule has 2 heteroatoms. The van der Waals surface area contributed by atoms with E-state index in [-0.39, 0.29) is 12.4 Å². The monoisotopic (exact) mass is 244 g/mol. The molecule has 0 saturated carbocycles. The highest BCUT2D eigenvalue weighted by Gasteiger charge is 2.11. The lowest BCUT2D eigenvalue weighted by Gasteiger charge is -2.11. The second-order valence-corrected chi connectivity index (χ2v) is 4.71. The molecule has 2 nitrogen and oxygen atoms in total. The number of carbonyl (C=O) groups excluding carboxylic acids is 1. The van der Waals surface area contributed by atoms with Gasteiger partial charge in [0.15, 0.2) is 12.4 Å². The molecule has 0 saturated heterocycles. The summed E-state index contributed by atoms with van der Waals surface area (Å²) < 4.78 is 5.50. The van der Waals surface area contributed by atoms with Crippen LogP contribution in [0.25, 0.3) is 0 Å². The quantitative estimate of drug-likeness (QED) is 0.802. The summed E-state index contributed by atoms with van der Waals surface area (Å²) in [5.74, 6) is 0.901. The maximum Gasteiger partial charge on any atom is 0.195 e. The Kier molecular flexibility index (Phi) is 5.00. The molecule has 0 bridgehead atoms. The van der Waals surface area contributed by atoms with Crippen molar-refractivity contribution in [3.63, 3.8) is 0 Å². The van der Waals surface area contributed by atoms with Gasteiger partial charge in [-0.1, -0.05) is 37.1 Å². The molecule has 96 valence electrons. The van der Waals surface area contributed by atoms with E-state index in [1.807, 2.05) is 30.3 Å². The van der Waals surface area contributed by atoms with E-state index in [4.69, 9.17) is 4.74 Å². The molecule has 0 spiro atoms. The summed E-state index contributed by atoms with van der Waals surface area (Å²) in [4.78, 5) is 12.0. The molecule has 1 aliphatic carbocycles. The number of benzene rings is 1. The highest BCUT2D eigenvalue weighted by atomic mass is 16.5. The summed E-state index contributed by atoms with van der Waals surface area (Å²) in [7, 11) is 0. The van der Waals surface area contributed by atoms with Gasteiger partial charge in [-0.3, -0.25) is 4.79 Å². The fourth-order valence-electron chi connectivity index (χ4n) is 2.20. The first-order chi connectivity index (χ1) is 8.86. The minimum atomic E-state index is 0.140. The molecule has 0 unspecified atom stereocenters. The van der Waals surface area contributed by atoms with E-state index in [9.17, 15) is 4.79 Å². The molecule has 0 N–H and O–H groups in total. The van der Waals surface area contributed by atoms with Crippen LogP contribution in [0.3, 0.4) is 0 Å². The molecule has 0 radical (unpaired) electrons. The molecule has 1 aromatic carbocycles. The maximum absolute atomic E-state index is 12.0. The summed E-state index contributed by atoms with van der Waals surface area (Å²) in [6, 6.07) is 9.51. The predicted molar refractivity (Wildman–Crippen MR) is 72.7 cm³/mol. The second kappa shape index (κ2) is 7.00. The number of carbonyl (C=O) groups is 1.